The van der Waals surface area contributed by atoms with Crippen molar-refractivity contribution in [2.45, 2.75) is 30.8 Å². The van der Waals surface area contributed by atoms with Crippen molar-refractivity contribution in [3.8, 4) is 0 Å². The van der Waals surface area contributed by atoms with Gasteiger partial charge in [-0.3, -0.25) is 0 Å². The van der Waals surface area contributed by atoms with Crippen LogP contribution >= 0.6 is 0 Å². The third kappa shape index (κ3) is 3.32. The number of sulfonamides is 1. The van der Waals surface area contributed by atoms with Gasteiger partial charge in [0.05, 0.1) is 10.5 Å². The first-order valence-corrected chi connectivity index (χ1v) is 8.03. The molecule has 1 aromatic rings. The summed E-state index contributed by atoms with van der Waals surface area (Å²) in [5.74, 6) is 0.425. The summed E-state index contributed by atoms with van der Waals surface area (Å²) in [6, 6.07) is 2.73. The first-order chi connectivity index (χ1) is 9.62. The first kappa shape index (κ1) is 16.1. The molecule has 1 heterocycles. The average Bonchev–Trinajstić information content (AvgIpc) is 2.38. The number of nitrogens with two attached hydrogens (primary N) is 1. The molecule has 1 aromatic carbocycles. The minimum absolute atomic E-state index is 0.329. The van der Waals surface area contributed by atoms with Crippen LogP contribution in [0.2, 0.25) is 0 Å². The number of halogens is 3. The molecule has 1 saturated heterocycles. The Morgan fingerprint density at radius 3 is 2.33 bits per heavy atom. The highest BCUT2D eigenvalue weighted by atomic mass is 32.2. The average molecular weight is 322 g/mol. The van der Waals surface area contributed by atoms with Crippen LogP contribution in [0.1, 0.15) is 25.3 Å². The molecular formula is C13H17F3N2O2S. The van der Waals surface area contributed by atoms with Crippen molar-refractivity contribution < 1.29 is 21.6 Å². The van der Waals surface area contributed by atoms with Crippen LogP contribution < -0.4 is 5.73 Å². The lowest BCUT2D eigenvalue weighted by molar-refractivity contribution is -0.137. The molecule has 0 amide bonds. The quantitative estimate of drug-likeness (QED) is 0.852. The van der Waals surface area contributed by atoms with Crippen molar-refractivity contribution in [1.29, 1.82) is 0 Å². The van der Waals surface area contributed by atoms with Crippen LogP contribution in [0.5, 0.6) is 0 Å². The van der Waals surface area contributed by atoms with Crippen LogP contribution in [0.3, 0.4) is 0 Å². The fraction of sp³-hybridized carbons (Fsp3) is 0.538. The van der Waals surface area contributed by atoms with Gasteiger partial charge < -0.3 is 5.73 Å². The standard InChI is InChI=1S/C13H17F3N2O2S/c1-9-4-6-18(7-5-9)21(19,20)10-2-3-12(17)11(8-10)13(14,15)16/h2-3,8-9H,4-7,17H2,1H3. The molecule has 0 saturated carbocycles. The smallest absolute Gasteiger partial charge is 0.398 e. The summed E-state index contributed by atoms with van der Waals surface area (Å²) in [5.41, 5.74) is 3.69. The van der Waals surface area contributed by atoms with Crippen LogP contribution in [0.4, 0.5) is 18.9 Å². The van der Waals surface area contributed by atoms with Crippen molar-refractivity contribution >= 4 is 15.7 Å². The van der Waals surface area contributed by atoms with E-state index < -0.39 is 27.5 Å². The second-order valence-electron chi connectivity index (χ2n) is 5.33. The number of hydrogen-bond donors (Lipinski definition) is 1. The normalized spacial score (nSPS) is 18.9. The fourth-order valence-electron chi connectivity index (χ4n) is 2.32. The first-order valence-electron chi connectivity index (χ1n) is 6.59. The zero-order valence-corrected chi connectivity index (χ0v) is 12.3. The van der Waals surface area contributed by atoms with Crippen LogP contribution in [-0.4, -0.2) is 25.8 Å². The molecule has 21 heavy (non-hydrogen) atoms. The summed E-state index contributed by atoms with van der Waals surface area (Å²) in [6.07, 6.45) is -3.26. The maximum absolute atomic E-state index is 12.8. The molecule has 1 aliphatic heterocycles. The van der Waals surface area contributed by atoms with Crippen molar-refractivity contribution in [3.63, 3.8) is 0 Å². The van der Waals surface area contributed by atoms with Crippen molar-refractivity contribution in [1.82, 2.24) is 4.31 Å². The third-order valence-corrected chi connectivity index (χ3v) is 5.61. The van der Waals surface area contributed by atoms with Crippen molar-refractivity contribution in [2.75, 3.05) is 18.8 Å². The van der Waals surface area contributed by atoms with Crippen molar-refractivity contribution in [2.24, 2.45) is 5.92 Å². The Balaban J connectivity index is 2.37. The monoisotopic (exact) mass is 322 g/mol. The molecule has 2 rings (SSSR count). The fourth-order valence-corrected chi connectivity index (χ4v) is 3.81. The van der Waals surface area contributed by atoms with Gasteiger partial charge in [0.25, 0.3) is 0 Å². The van der Waals surface area contributed by atoms with E-state index in [1.165, 1.54) is 4.31 Å². The van der Waals surface area contributed by atoms with E-state index in [1.807, 2.05) is 6.92 Å². The van der Waals surface area contributed by atoms with Gasteiger partial charge in [0.2, 0.25) is 10.0 Å². The van der Waals surface area contributed by atoms with Gasteiger partial charge in [0, 0.05) is 18.8 Å². The molecule has 0 aliphatic carbocycles. The maximum Gasteiger partial charge on any atom is 0.418 e. The minimum atomic E-state index is -4.67. The second-order valence-corrected chi connectivity index (χ2v) is 7.27. The molecule has 0 spiro atoms. The van der Waals surface area contributed by atoms with Gasteiger partial charge in [-0.2, -0.15) is 17.5 Å². The SMILES string of the molecule is CC1CCN(S(=O)(=O)c2ccc(N)c(C(F)(F)F)c2)CC1. The highest BCUT2D eigenvalue weighted by molar-refractivity contribution is 7.89. The molecule has 0 aromatic heterocycles. The largest absolute Gasteiger partial charge is 0.418 e. The van der Waals surface area contributed by atoms with Crippen LogP contribution in [-0.2, 0) is 16.2 Å². The molecule has 0 unspecified atom stereocenters. The number of benzene rings is 1. The number of anilines is 1. The molecule has 0 bridgehead atoms. The number of nitrogen functional groups attached to an aromatic ring is 1. The Bertz CT molecular complexity index is 621. The number of hydrogen-bond acceptors (Lipinski definition) is 3. The van der Waals surface area contributed by atoms with E-state index in [2.05, 4.69) is 0 Å². The summed E-state index contributed by atoms with van der Waals surface area (Å²) in [4.78, 5) is -0.362. The summed E-state index contributed by atoms with van der Waals surface area (Å²) in [6.45, 7) is 2.68. The predicted molar refractivity (Wildman–Crippen MR) is 73.0 cm³/mol. The lowest BCUT2D eigenvalue weighted by Gasteiger charge is -2.29. The van der Waals surface area contributed by atoms with Gasteiger partial charge in [0.15, 0.2) is 0 Å². The Morgan fingerprint density at radius 2 is 1.81 bits per heavy atom. The molecule has 1 fully saturated rings. The van der Waals surface area contributed by atoms with Crippen molar-refractivity contribution in [3.05, 3.63) is 23.8 Å². The lowest BCUT2D eigenvalue weighted by Crippen LogP contribution is -2.38. The number of nitrogens with zero attached hydrogens (tertiary/aromatic N) is 1. The third-order valence-electron chi connectivity index (χ3n) is 3.71. The van der Waals surface area contributed by atoms with E-state index in [4.69, 9.17) is 5.73 Å². The van der Waals surface area contributed by atoms with E-state index in [0.717, 1.165) is 12.1 Å². The van der Waals surface area contributed by atoms with E-state index >= 15 is 0 Å². The molecule has 8 heteroatoms. The molecule has 1 aliphatic rings. The highest BCUT2D eigenvalue weighted by Crippen LogP contribution is 2.35. The van der Waals surface area contributed by atoms with Gasteiger partial charge in [-0.25, -0.2) is 8.42 Å². The van der Waals surface area contributed by atoms with Gasteiger partial charge in [-0.15, -0.1) is 0 Å². The Labute approximate surface area is 121 Å². The molecule has 0 radical (unpaired) electrons. The van der Waals surface area contributed by atoms with E-state index in [0.29, 0.717) is 37.9 Å². The van der Waals surface area contributed by atoms with Gasteiger partial charge in [0.1, 0.15) is 0 Å². The number of alkyl halides is 3. The van der Waals surface area contributed by atoms with Crippen LogP contribution in [0, 0.1) is 5.92 Å². The maximum atomic E-state index is 12.8. The Kier molecular flexibility index (Phi) is 4.21. The summed E-state index contributed by atoms with van der Waals surface area (Å²) in [5, 5.41) is 0. The lowest BCUT2D eigenvalue weighted by atomic mass is 10.0. The summed E-state index contributed by atoms with van der Waals surface area (Å²) < 4.78 is 64.5. The number of piperidine rings is 1. The molecular weight excluding hydrogens is 305 g/mol. The number of rotatable bonds is 2. The summed E-state index contributed by atoms with van der Waals surface area (Å²) in [7, 11) is -3.91. The molecule has 118 valence electrons. The zero-order valence-electron chi connectivity index (χ0n) is 11.5. The topological polar surface area (TPSA) is 63.4 Å². The highest BCUT2D eigenvalue weighted by Gasteiger charge is 2.35. The minimum Gasteiger partial charge on any atom is -0.398 e. The van der Waals surface area contributed by atoms with Crippen LogP contribution in [0.25, 0.3) is 0 Å². The van der Waals surface area contributed by atoms with Gasteiger partial charge in [-0.05, 0) is 37.0 Å². The predicted octanol–water partition coefficient (Wildman–Crippen LogP) is 2.71. The molecule has 2 N–H and O–H groups in total. The van der Waals surface area contributed by atoms with E-state index in [9.17, 15) is 21.6 Å². The van der Waals surface area contributed by atoms with Gasteiger partial charge >= 0.3 is 6.18 Å². The molecule has 0 atom stereocenters. The molecule has 4 nitrogen and oxygen atoms in total. The van der Waals surface area contributed by atoms with E-state index in [-0.39, 0.29) is 4.90 Å². The zero-order chi connectivity index (χ0) is 15.8. The Morgan fingerprint density at radius 1 is 1.24 bits per heavy atom. The van der Waals surface area contributed by atoms with E-state index in [1.54, 1.807) is 0 Å². The van der Waals surface area contributed by atoms with Gasteiger partial charge in [-0.1, -0.05) is 6.92 Å². The summed E-state index contributed by atoms with van der Waals surface area (Å²) >= 11 is 0. The second kappa shape index (κ2) is 5.49. The Hall–Kier alpha value is -1.28. The van der Waals surface area contributed by atoms with Crippen LogP contribution in [0.15, 0.2) is 23.1 Å².